The van der Waals surface area contributed by atoms with Crippen molar-refractivity contribution in [3.05, 3.63) is 35.9 Å². The zero-order valence-electron chi connectivity index (χ0n) is 19.8. The van der Waals surface area contributed by atoms with E-state index in [4.69, 9.17) is 15.5 Å². The molecule has 2 atom stereocenters. The van der Waals surface area contributed by atoms with Crippen molar-refractivity contribution in [1.29, 1.82) is 0 Å². The van der Waals surface area contributed by atoms with Crippen LogP contribution in [0.5, 0.6) is 0 Å². The molecule has 2 N–H and O–H groups in total. The molecule has 2 fully saturated rings. The molecule has 0 saturated carbocycles. The molecule has 6 rings (SSSR count). The van der Waals surface area contributed by atoms with Gasteiger partial charge in [-0.2, -0.15) is 8.78 Å². The maximum atomic E-state index is 15.1. The van der Waals surface area contributed by atoms with Crippen molar-refractivity contribution in [2.45, 2.75) is 44.8 Å². The van der Waals surface area contributed by atoms with Crippen LogP contribution in [0.3, 0.4) is 0 Å². The Morgan fingerprint density at radius 2 is 1.94 bits per heavy atom. The van der Waals surface area contributed by atoms with Gasteiger partial charge in [-0.1, -0.05) is 0 Å². The molecule has 3 aliphatic rings. The minimum absolute atomic E-state index is 0.00581. The number of anilines is 2. The lowest BCUT2D eigenvalue weighted by molar-refractivity contribution is -0.141. The highest BCUT2D eigenvalue weighted by Crippen LogP contribution is 2.48. The van der Waals surface area contributed by atoms with E-state index in [-0.39, 0.29) is 28.9 Å². The Bertz CT molecular complexity index is 1350. The molecule has 1 spiro atoms. The summed E-state index contributed by atoms with van der Waals surface area (Å²) in [5.74, 6) is -4.31. The molecule has 9 nitrogen and oxygen atoms in total. The zero-order chi connectivity index (χ0) is 24.7. The molecule has 0 radical (unpaired) electrons. The second kappa shape index (κ2) is 7.41. The zero-order valence-corrected chi connectivity index (χ0v) is 19.8. The lowest BCUT2D eigenvalue weighted by Crippen LogP contribution is -2.51. The van der Waals surface area contributed by atoms with Crippen molar-refractivity contribution < 1.29 is 18.3 Å². The normalized spacial score (nSPS) is 25.1. The number of pyridine rings is 1. The van der Waals surface area contributed by atoms with Crippen LogP contribution >= 0.6 is 0 Å². The van der Waals surface area contributed by atoms with Crippen LogP contribution in [-0.2, 0) is 15.5 Å². The van der Waals surface area contributed by atoms with Crippen LogP contribution in [0, 0.1) is 12.3 Å². The number of imidazole rings is 1. The number of halogens is 2. The first-order valence-electron chi connectivity index (χ1n) is 11.8. The van der Waals surface area contributed by atoms with Gasteiger partial charge in [-0.05, 0) is 32.8 Å². The quantitative estimate of drug-likeness (QED) is 0.598. The number of nitrogens with two attached hydrogens (primary N) is 1. The molecule has 2 saturated heterocycles. The number of amides is 1. The van der Waals surface area contributed by atoms with E-state index >= 15 is 8.78 Å². The third-order valence-corrected chi connectivity index (χ3v) is 8.00. The van der Waals surface area contributed by atoms with Crippen LogP contribution in [0.15, 0.2) is 24.7 Å². The van der Waals surface area contributed by atoms with E-state index in [0.29, 0.717) is 29.5 Å². The topological polar surface area (TPSA) is 102 Å². The third-order valence-electron chi connectivity index (χ3n) is 8.00. The summed E-state index contributed by atoms with van der Waals surface area (Å²) in [6.07, 6.45) is 6.67. The summed E-state index contributed by atoms with van der Waals surface area (Å²) < 4.78 is 37.8. The van der Waals surface area contributed by atoms with Gasteiger partial charge in [0.25, 0.3) is 0 Å². The van der Waals surface area contributed by atoms with Gasteiger partial charge in [0.2, 0.25) is 5.95 Å². The van der Waals surface area contributed by atoms with Gasteiger partial charge in [0.1, 0.15) is 11.5 Å². The molecule has 1 amide bonds. The molecule has 3 aromatic heterocycles. The number of ether oxygens (including phenoxy) is 1. The van der Waals surface area contributed by atoms with Gasteiger partial charge in [-0.3, -0.25) is 14.1 Å². The summed E-state index contributed by atoms with van der Waals surface area (Å²) >= 11 is 0. The van der Waals surface area contributed by atoms with E-state index in [2.05, 4.69) is 14.9 Å². The Kier molecular flexibility index (Phi) is 4.72. The summed E-state index contributed by atoms with van der Waals surface area (Å²) in [4.78, 5) is 28.8. The monoisotopic (exact) mass is 483 g/mol. The number of carbonyl (C=O) groups excluding carboxylic acids is 1. The number of rotatable bonds is 2. The third kappa shape index (κ3) is 2.97. The summed E-state index contributed by atoms with van der Waals surface area (Å²) in [6.45, 7) is 5.99. The predicted octanol–water partition coefficient (Wildman–Crippen LogP) is 2.50. The van der Waals surface area contributed by atoms with E-state index in [1.165, 1.54) is 19.3 Å². The van der Waals surface area contributed by atoms with Gasteiger partial charge in [-0.15, -0.1) is 0 Å². The standard InChI is InChI=1S/C24H27F2N7O2/c1-13-16(15-4-7-28-20-17(15)24(25,26)21(34)31(20)3)19-29-8-11-33(19)22(30-13)32-9-5-23(6-10-32)12-35-14(2)18(23)27/h4,7-8,11,14,18H,5-6,9-10,12,27H2,1-3H3. The number of carbonyl (C=O) groups is 1. The number of alkyl halides is 2. The summed E-state index contributed by atoms with van der Waals surface area (Å²) in [7, 11) is 1.31. The number of fused-ring (bicyclic) bond motifs is 2. The number of nitrogens with zero attached hydrogens (tertiary/aromatic N) is 6. The van der Waals surface area contributed by atoms with Gasteiger partial charge in [0.15, 0.2) is 0 Å². The minimum Gasteiger partial charge on any atom is -0.376 e. The van der Waals surface area contributed by atoms with Crippen molar-refractivity contribution in [2.75, 3.05) is 36.5 Å². The molecule has 184 valence electrons. The molecule has 0 bridgehead atoms. The SMILES string of the molecule is Cc1nc(N2CCC3(CC2)COC(C)C3N)n2ccnc2c1-c1ccnc2c1C(F)(F)C(=O)N2C. The Hall–Kier alpha value is -3.18. The van der Waals surface area contributed by atoms with Gasteiger partial charge in [-0.25, -0.2) is 15.0 Å². The Balaban J connectivity index is 1.42. The molecule has 0 aliphatic carbocycles. The molecule has 6 heterocycles. The largest absolute Gasteiger partial charge is 0.376 e. The number of hydrogen-bond donors (Lipinski definition) is 1. The fourth-order valence-corrected chi connectivity index (χ4v) is 5.87. The molecule has 0 aromatic carbocycles. The van der Waals surface area contributed by atoms with Crippen LogP contribution < -0.4 is 15.5 Å². The Labute approximate surface area is 200 Å². The number of piperidine rings is 1. The summed E-state index contributed by atoms with van der Waals surface area (Å²) in [6, 6.07) is 1.51. The number of likely N-dealkylation sites (N-methyl/N-ethyl adjacent to an activating group) is 1. The molecule has 11 heteroatoms. The van der Waals surface area contributed by atoms with Crippen LogP contribution in [0.25, 0.3) is 16.8 Å². The first kappa shape index (κ1) is 22.3. The van der Waals surface area contributed by atoms with Crippen molar-refractivity contribution in [1.82, 2.24) is 19.4 Å². The maximum absolute atomic E-state index is 15.1. The minimum atomic E-state index is -3.68. The molecular weight excluding hydrogens is 456 g/mol. The fourth-order valence-electron chi connectivity index (χ4n) is 5.87. The van der Waals surface area contributed by atoms with Gasteiger partial charge in [0.05, 0.1) is 24.0 Å². The average molecular weight is 484 g/mol. The van der Waals surface area contributed by atoms with Gasteiger partial charge >= 0.3 is 11.8 Å². The molecule has 2 unspecified atom stereocenters. The van der Waals surface area contributed by atoms with Crippen LogP contribution in [0.4, 0.5) is 20.5 Å². The molecular formula is C24H27F2N7O2. The van der Waals surface area contributed by atoms with Crippen molar-refractivity contribution in [2.24, 2.45) is 11.1 Å². The second-order valence-electron chi connectivity index (χ2n) is 9.88. The predicted molar refractivity (Wildman–Crippen MR) is 126 cm³/mol. The van der Waals surface area contributed by atoms with E-state index in [0.717, 1.165) is 30.8 Å². The Morgan fingerprint density at radius 1 is 1.20 bits per heavy atom. The van der Waals surface area contributed by atoms with E-state index in [1.54, 1.807) is 19.3 Å². The number of aryl methyl sites for hydroxylation is 1. The van der Waals surface area contributed by atoms with E-state index in [1.807, 2.05) is 11.3 Å². The van der Waals surface area contributed by atoms with Crippen LogP contribution in [0.1, 0.15) is 31.0 Å². The van der Waals surface area contributed by atoms with Gasteiger partial charge in [0, 0.05) is 61.3 Å². The molecule has 3 aromatic rings. The molecule has 35 heavy (non-hydrogen) atoms. The second-order valence-corrected chi connectivity index (χ2v) is 9.88. The summed E-state index contributed by atoms with van der Waals surface area (Å²) in [5, 5.41) is 0. The lowest BCUT2D eigenvalue weighted by Gasteiger charge is -2.41. The highest BCUT2D eigenvalue weighted by Gasteiger charge is 2.54. The van der Waals surface area contributed by atoms with Crippen LogP contribution in [-0.4, -0.2) is 64.1 Å². The van der Waals surface area contributed by atoms with E-state index in [9.17, 15) is 4.79 Å². The lowest BCUT2D eigenvalue weighted by atomic mass is 9.73. The highest BCUT2D eigenvalue weighted by atomic mass is 19.3. The smallest absolute Gasteiger partial charge is 0.354 e. The van der Waals surface area contributed by atoms with E-state index < -0.39 is 17.4 Å². The number of hydrogen-bond acceptors (Lipinski definition) is 7. The fraction of sp³-hybridized carbons (Fsp3) is 0.500. The first-order valence-corrected chi connectivity index (χ1v) is 11.8. The average Bonchev–Trinajstić information content (AvgIpc) is 3.48. The van der Waals surface area contributed by atoms with Gasteiger partial charge < -0.3 is 15.4 Å². The molecule has 3 aliphatic heterocycles. The van der Waals surface area contributed by atoms with Crippen molar-refractivity contribution in [3.63, 3.8) is 0 Å². The van der Waals surface area contributed by atoms with Crippen molar-refractivity contribution in [3.8, 4) is 11.1 Å². The summed E-state index contributed by atoms with van der Waals surface area (Å²) in [5.41, 5.74) is 7.79. The van der Waals surface area contributed by atoms with Crippen molar-refractivity contribution >= 4 is 23.3 Å². The number of aromatic nitrogens is 4. The maximum Gasteiger partial charge on any atom is 0.354 e. The Morgan fingerprint density at radius 3 is 2.63 bits per heavy atom. The highest BCUT2D eigenvalue weighted by molar-refractivity contribution is 6.07. The van der Waals surface area contributed by atoms with Crippen LogP contribution in [0.2, 0.25) is 0 Å². The first-order chi connectivity index (χ1) is 16.7.